The van der Waals surface area contributed by atoms with E-state index < -0.39 is 9.84 Å². The molecule has 1 saturated carbocycles. The lowest BCUT2D eigenvalue weighted by molar-refractivity contribution is 0.0433. The summed E-state index contributed by atoms with van der Waals surface area (Å²) in [5.74, 6) is 1.15. The SMILES string of the molecule is CC(C)CN(C1CCCC1)C1(CN)CCCS(=O)(=O)C1. The molecule has 0 bridgehead atoms. The van der Waals surface area contributed by atoms with Gasteiger partial charge in [0, 0.05) is 24.7 Å². The van der Waals surface area contributed by atoms with Gasteiger partial charge in [0.2, 0.25) is 0 Å². The fraction of sp³-hybridized carbons (Fsp3) is 1.00. The molecule has 118 valence electrons. The molecule has 4 nitrogen and oxygen atoms in total. The lowest BCUT2D eigenvalue weighted by atomic mass is 9.89. The van der Waals surface area contributed by atoms with E-state index in [2.05, 4.69) is 18.7 Å². The number of hydrogen-bond donors (Lipinski definition) is 1. The average Bonchev–Trinajstić information content (AvgIpc) is 2.87. The zero-order valence-corrected chi connectivity index (χ0v) is 13.8. The van der Waals surface area contributed by atoms with Gasteiger partial charge in [-0.05, 0) is 31.6 Å². The number of rotatable bonds is 5. The number of nitrogens with zero attached hydrogens (tertiary/aromatic N) is 1. The molecule has 1 unspecified atom stereocenters. The molecule has 0 radical (unpaired) electrons. The molecule has 0 aromatic rings. The standard InChI is InChI=1S/C15H30N2O2S/c1-13(2)10-17(14-6-3-4-7-14)15(11-16)8-5-9-20(18,19)12-15/h13-14H,3-12,16H2,1-2H3. The minimum Gasteiger partial charge on any atom is -0.329 e. The topological polar surface area (TPSA) is 63.4 Å². The number of nitrogens with two attached hydrogens (primary N) is 1. The van der Waals surface area contributed by atoms with Gasteiger partial charge in [0.25, 0.3) is 0 Å². The van der Waals surface area contributed by atoms with Crippen molar-refractivity contribution in [2.24, 2.45) is 11.7 Å². The van der Waals surface area contributed by atoms with E-state index in [1.54, 1.807) is 0 Å². The summed E-state index contributed by atoms with van der Waals surface area (Å²) >= 11 is 0. The van der Waals surface area contributed by atoms with Crippen LogP contribution in [0.4, 0.5) is 0 Å². The van der Waals surface area contributed by atoms with Gasteiger partial charge < -0.3 is 5.73 Å². The highest BCUT2D eigenvalue weighted by molar-refractivity contribution is 7.91. The molecule has 1 atom stereocenters. The third-order valence-corrected chi connectivity index (χ3v) is 6.79. The Morgan fingerprint density at radius 2 is 1.90 bits per heavy atom. The monoisotopic (exact) mass is 302 g/mol. The molecular weight excluding hydrogens is 272 g/mol. The van der Waals surface area contributed by atoms with Gasteiger partial charge in [0.05, 0.1) is 11.5 Å². The molecule has 0 aromatic heterocycles. The normalized spacial score (nSPS) is 31.2. The van der Waals surface area contributed by atoms with Crippen molar-refractivity contribution in [2.75, 3.05) is 24.6 Å². The summed E-state index contributed by atoms with van der Waals surface area (Å²) in [6.45, 7) is 5.86. The molecule has 20 heavy (non-hydrogen) atoms. The van der Waals surface area contributed by atoms with Crippen LogP contribution in [-0.2, 0) is 9.84 Å². The van der Waals surface area contributed by atoms with Gasteiger partial charge in [0.15, 0.2) is 9.84 Å². The maximum Gasteiger partial charge on any atom is 0.152 e. The predicted molar refractivity (Wildman–Crippen MR) is 83.5 cm³/mol. The maximum absolute atomic E-state index is 12.1. The van der Waals surface area contributed by atoms with Gasteiger partial charge >= 0.3 is 0 Å². The summed E-state index contributed by atoms with van der Waals surface area (Å²) in [5, 5.41) is 0. The maximum atomic E-state index is 12.1. The van der Waals surface area contributed by atoms with Gasteiger partial charge in [-0.25, -0.2) is 8.42 Å². The lowest BCUT2D eigenvalue weighted by Gasteiger charge is -2.49. The second kappa shape index (κ2) is 6.32. The van der Waals surface area contributed by atoms with Crippen molar-refractivity contribution >= 4 is 9.84 Å². The summed E-state index contributed by atoms with van der Waals surface area (Å²) in [6, 6.07) is 0.536. The molecule has 1 aliphatic heterocycles. The Bertz CT molecular complexity index is 416. The highest BCUT2D eigenvalue weighted by Gasteiger charge is 2.45. The van der Waals surface area contributed by atoms with Crippen LogP contribution in [0.3, 0.4) is 0 Å². The molecule has 5 heteroatoms. The molecule has 1 aliphatic carbocycles. The van der Waals surface area contributed by atoms with Crippen molar-refractivity contribution in [1.82, 2.24) is 4.90 Å². The lowest BCUT2D eigenvalue weighted by Crippen LogP contribution is -2.63. The van der Waals surface area contributed by atoms with Crippen LogP contribution in [0.1, 0.15) is 52.4 Å². The molecule has 0 spiro atoms. The van der Waals surface area contributed by atoms with Crippen molar-refractivity contribution in [3.8, 4) is 0 Å². The summed E-state index contributed by atoms with van der Waals surface area (Å²) in [5.41, 5.74) is 5.79. The third kappa shape index (κ3) is 3.55. The third-order valence-electron chi connectivity index (χ3n) is 4.90. The van der Waals surface area contributed by atoms with Crippen LogP contribution in [0.2, 0.25) is 0 Å². The van der Waals surface area contributed by atoms with Crippen LogP contribution < -0.4 is 5.73 Å². The number of sulfone groups is 1. The van der Waals surface area contributed by atoms with Gasteiger partial charge in [-0.3, -0.25) is 4.90 Å². The Morgan fingerprint density at radius 3 is 2.40 bits per heavy atom. The zero-order valence-electron chi connectivity index (χ0n) is 13.0. The van der Waals surface area contributed by atoms with Crippen LogP contribution >= 0.6 is 0 Å². The van der Waals surface area contributed by atoms with Crippen molar-refractivity contribution in [3.05, 3.63) is 0 Å². The van der Waals surface area contributed by atoms with E-state index in [0.717, 1.165) is 19.4 Å². The van der Waals surface area contributed by atoms with E-state index in [1.807, 2.05) is 0 Å². The minimum atomic E-state index is -2.93. The van der Waals surface area contributed by atoms with Gasteiger partial charge in [0.1, 0.15) is 0 Å². The van der Waals surface area contributed by atoms with Gasteiger partial charge in [-0.1, -0.05) is 26.7 Å². The van der Waals surface area contributed by atoms with Crippen molar-refractivity contribution < 1.29 is 8.42 Å². The fourth-order valence-corrected chi connectivity index (χ4v) is 5.99. The molecular formula is C15H30N2O2S. The molecule has 2 rings (SSSR count). The molecule has 2 aliphatic rings. The summed E-state index contributed by atoms with van der Waals surface area (Å²) in [7, 11) is -2.93. The van der Waals surface area contributed by atoms with E-state index in [-0.39, 0.29) is 11.3 Å². The summed E-state index contributed by atoms with van der Waals surface area (Å²) in [4.78, 5) is 2.49. The quantitative estimate of drug-likeness (QED) is 0.841. The van der Waals surface area contributed by atoms with E-state index in [0.29, 0.717) is 24.3 Å². The fourth-order valence-electron chi connectivity index (χ4n) is 4.02. The minimum absolute atomic E-state index is 0.264. The van der Waals surface area contributed by atoms with Crippen LogP contribution in [0, 0.1) is 5.92 Å². The molecule has 0 aromatic carbocycles. The second-order valence-corrected chi connectivity index (χ2v) is 9.29. The first kappa shape index (κ1) is 16.2. The van der Waals surface area contributed by atoms with Crippen molar-refractivity contribution in [3.63, 3.8) is 0 Å². The highest BCUT2D eigenvalue weighted by atomic mass is 32.2. The van der Waals surface area contributed by atoms with Crippen LogP contribution in [0.5, 0.6) is 0 Å². The molecule has 1 saturated heterocycles. The largest absolute Gasteiger partial charge is 0.329 e. The van der Waals surface area contributed by atoms with E-state index >= 15 is 0 Å². The predicted octanol–water partition coefficient (Wildman–Crippen LogP) is 1.79. The second-order valence-electron chi connectivity index (χ2n) is 7.11. The first-order valence-corrected chi connectivity index (χ1v) is 9.88. The molecule has 2 fully saturated rings. The van der Waals surface area contributed by atoms with E-state index in [4.69, 9.17) is 5.73 Å². The van der Waals surface area contributed by atoms with E-state index in [1.165, 1.54) is 25.7 Å². The van der Waals surface area contributed by atoms with Crippen LogP contribution in [0.25, 0.3) is 0 Å². The Morgan fingerprint density at radius 1 is 1.25 bits per heavy atom. The Hall–Kier alpha value is -0.130. The first-order chi connectivity index (χ1) is 9.38. The highest BCUT2D eigenvalue weighted by Crippen LogP contribution is 2.35. The molecule has 0 amide bonds. The van der Waals surface area contributed by atoms with Crippen molar-refractivity contribution in [2.45, 2.75) is 64.0 Å². The van der Waals surface area contributed by atoms with Gasteiger partial charge in [-0.15, -0.1) is 0 Å². The smallest absolute Gasteiger partial charge is 0.152 e. The Balaban J connectivity index is 2.27. The first-order valence-electron chi connectivity index (χ1n) is 8.06. The van der Waals surface area contributed by atoms with Gasteiger partial charge in [-0.2, -0.15) is 0 Å². The Kier molecular flexibility index (Phi) is 5.14. The summed E-state index contributed by atoms with van der Waals surface area (Å²) < 4.78 is 24.3. The number of hydrogen-bond acceptors (Lipinski definition) is 4. The Labute approximate surface area is 124 Å². The summed E-state index contributed by atoms with van der Waals surface area (Å²) in [6.07, 6.45) is 6.65. The molecule has 2 N–H and O–H groups in total. The molecule has 1 heterocycles. The van der Waals surface area contributed by atoms with Crippen molar-refractivity contribution in [1.29, 1.82) is 0 Å². The van der Waals surface area contributed by atoms with Crippen LogP contribution in [-0.4, -0.2) is 49.5 Å². The van der Waals surface area contributed by atoms with Crippen LogP contribution in [0.15, 0.2) is 0 Å². The van der Waals surface area contributed by atoms with E-state index in [9.17, 15) is 8.42 Å². The zero-order chi connectivity index (χ0) is 14.8. The average molecular weight is 302 g/mol.